The zero-order chi connectivity index (χ0) is 64.7. The van der Waals surface area contributed by atoms with E-state index in [1.54, 1.807) is 150 Å². The van der Waals surface area contributed by atoms with Gasteiger partial charge in [0, 0.05) is 35.2 Å². The lowest BCUT2D eigenvalue weighted by Crippen LogP contribution is -2.15. The van der Waals surface area contributed by atoms with Gasteiger partial charge >= 0.3 is 0 Å². The third-order valence-electron chi connectivity index (χ3n) is 11.1. The van der Waals surface area contributed by atoms with E-state index in [2.05, 4.69) is 15.9 Å². The minimum absolute atomic E-state index is 0.113. The van der Waals surface area contributed by atoms with E-state index in [1.165, 1.54) is 74.9 Å². The number of halogens is 1. The Morgan fingerprint density at radius 3 is 0.866 bits per heavy atom. The Labute approximate surface area is 496 Å². The second kappa shape index (κ2) is 34.1. The fraction of sp³-hybridized carbons (Fsp3) is 0.444. The first-order valence-corrected chi connectivity index (χ1v) is 37.4. The number of sulfone groups is 7. The highest BCUT2D eigenvalue weighted by Gasteiger charge is 2.28. The first kappa shape index (κ1) is 79.1. The number of para-hydroxylation sites is 1. The molecule has 0 aliphatic carbocycles. The average Bonchev–Trinajstić information content (AvgIpc) is 3.37. The molecule has 0 saturated carbocycles. The Morgan fingerprint density at radius 1 is 0.341 bits per heavy atom. The first-order chi connectivity index (χ1) is 37.0. The molecule has 0 amide bonds. The summed E-state index contributed by atoms with van der Waals surface area (Å²) in [6.45, 7) is 24.8. The molecular weight excluding hydrogens is 1270 g/mol. The number of aryl methyl sites for hydroxylation is 1. The number of nitrogens with zero attached hydrogens (tertiary/aromatic N) is 2. The maximum absolute atomic E-state index is 11.8. The van der Waals surface area contributed by atoms with Crippen LogP contribution in [0.3, 0.4) is 0 Å². The van der Waals surface area contributed by atoms with Crippen molar-refractivity contribution in [3.63, 3.8) is 0 Å². The van der Waals surface area contributed by atoms with E-state index >= 15 is 0 Å². The van der Waals surface area contributed by atoms with Gasteiger partial charge in [0.2, 0.25) is 0 Å². The van der Waals surface area contributed by atoms with Crippen LogP contribution >= 0.6 is 15.9 Å². The van der Waals surface area contributed by atoms with Crippen LogP contribution in [0, 0.1) is 27.2 Å². The van der Waals surface area contributed by atoms with Crippen LogP contribution in [0.1, 0.15) is 102 Å². The molecule has 28 heteroatoms. The predicted molar refractivity (Wildman–Crippen MR) is 330 cm³/mol. The van der Waals surface area contributed by atoms with Crippen molar-refractivity contribution in [1.29, 1.82) is 0 Å². The predicted octanol–water partition coefficient (Wildman–Crippen LogP) is 11.1. The normalized spacial score (nSPS) is 12.0. The molecule has 82 heavy (non-hydrogen) atoms. The highest BCUT2D eigenvalue weighted by atomic mass is 79.9. The average molecular weight is 1350 g/mol. The monoisotopic (exact) mass is 1350 g/mol. The molecule has 0 aliphatic heterocycles. The molecule has 5 aromatic rings. The zero-order valence-corrected chi connectivity index (χ0v) is 56.4. The first-order valence-electron chi connectivity index (χ1n) is 25.0. The molecule has 0 aromatic heterocycles. The highest BCUT2D eigenvalue weighted by Crippen LogP contribution is 2.26. The Balaban J connectivity index is 0. The molecule has 0 unspecified atom stereocenters. The maximum atomic E-state index is 11.8. The van der Waals surface area contributed by atoms with Crippen molar-refractivity contribution in [3.05, 3.63) is 158 Å². The molecule has 0 aliphatic rings. The van der Waals surface area contributed by atoms with Crippen LogP contribution in [-0.2, 0) is 68.9 Å². The summed E-state index contributed by atoms with van der Waals surface area (Å²) in [5.41, 5.74) is 0.589. The van der Waals surface area contributed by atoms with Crippen molar-refractivity contribution >= 4 is 96.2 Å². The summed E-state index contributed by atoms with van der Waals surface area (Å²) in [6, 6.07) is 32.4. The van der Waals surface area contributed by atoms with Crippen LogP contribution in [0.4, 0.5) is 11.4 Å². The smallest absolute Gasteiger partial charge is 0.258 e. The molecular formula is C54H79BrN2O18S7. The molecule has 0 radical (unpaired) electrons. The second-order valence-corrected chi connectivity index (χ2v) is 38.4. The van der Waals surface area contributed by atoms with Crippen molar-refractivity contribution < 1.29 is 68.8 Å². The molecule has 0 heterocycles. The number of hydrogen-bond acceptors (Lipinski definition) is 18. The third kappa shape index (κ3) is 26.7. The molecule has 5 aromatic carbocycles. The Hall–Kier alpha value is -4.97. The summed E-state index contributed by atoms with van der Waals surface area (Å²) in [4.78, 5) is 20.8. The van der Waals surface area contributed by atoms with Gasteiger partial charge in [-0.3, -0.25) is 20.2 Å². The van der Waals surface area contributed by atoms with E-state index < -0.39 is 89.2 Å². The van der Waals surface area contributed by atoms with Gasteiger partial charge in [-0.25, -0.2) is 58.9 Å². The molecule has 0 bridgehead atoms. The number of nitro groups is 2. The molecule has 20 nitrogen and oxygen atoms in total. The minimum atomic E-state index is -3.59. The maximum Gasteiger partial charge on any atom is 0.287 e. The number of non-ortho nitro benzene ring substituents is 1. The van der Waals surface area contributed by atoms with Crippen LogP contribution in [0.2, 0.25) is 0 Å². The van der Waals surface area contributed by atoms with E-state index in [9.17, 15) is 79.2 Å². The second-order valence-electron chi connectivity index (χ2n) is 19.8. The number of benzene rings is 5. The van der Waals surface area contributed by atoms with Gasteiger partial charge in [-0.15, -0.1) is 0 Å². The van der Waals surface area contributed by atoms with Crippen molar-refractivity contribution in [3.8, 4) is 0 Å². The third-order valence-corrected chi connectivity index (χ3v) is 26.0. The lowest BCUT2D eigenvalue weighted by atomic mass is 10.2. The topological polar surface area (TPSA) is 325 Å². The summed E-state index contributed by atoms with van der Waals surface area (Å²) in [7, 11) is -21.7. The van der Waals surface area contributed by atoms with E-state index in [0.29, 0.717) is 14.7 Å². The fourth-order valence-electron chi connectivity index (χ4n) is 4.91. The van der Waals surface area contributed by atoms with Crippen molar-refractivity contribution in [2.75, 3.05) is 12.5 Å². The van der Waals surface area contributed by atoms with Crippen LogP contribution in [-0.4, -0.2) is 118 Å². The fourth-order valence-corrected chi connectivity index (χ4v) is 10.6. The van der Waals surface area contributed by atoms with Gasteiger partial charge in [0.1, 0.15) is 24.6 Å². The van der Waals surface area contributed by atoms with Gasteiger partial charge in [0.25, 0.3) is 11.4 Å². The van der Waals surface area contributed by atoms with Crippen LogP contribution < -0.4 is 0 Å². The molecule has 0 fully saturated rings. The minimum Gasteiger partial charge on any atom is -0.258 e. The summed E-state index contributed by atoms with van der Waals surface area (Å²) in [5, 5.41) is 18.3. The Kier molecular flexibility index (Phi) is 32.9. The summed E-state index contributed by atoms with van der Waals surface area (Å²) in [6.07, 6.45) is 2.47. The molecule has 0 N–H and O–H groups in total. The van der Waals surface area contributed by atoms with Gasteiger partial charge in [-0.2, -0.15) is 0 Å². The zero-order valence-electron chi connectivity index (χ0n) is 49.1. The lowest BCUT2D eigenvalue weighted by molar-refractivity contribution is -0.387. The standard InChI is InChI=1S/C10H14O2S.C9H11BrO2S.2C9H11NO4S.C9H12O2S.2C4H10O2S/c1-8(2)13(11,12)10-6-4-9(3)5-7-10;1-7(2)13(11,12)9-5-3-8(10)4-6-9;1-7(2)15(13,14)9-5-3-8(4-6-9)10(11)12;1-7(2)15(13,14)9-6-4-3-5-8(9)10(11)12;1-8(2)12(10,11)9-6-4-3-5-7-9;2*1-4(2)7(3,5)6/h4-8H,1-3H3;3-7H,1-2H3;2*3-7H,1-2H3;3-8H,1-2H3;2*4H,1-3H3. The molecule has 0 saturated heterocycles. The van der Waals surface area contributed by atoms with E-state index in [1.807, 2.05) is 19.1 Å². The highest BCUT2D eigenvalue weighted by molar-refractivity contribution is 9.10. The van der Waals surface area contributed by atoms with Gasteiger partial charge in [0.05, 0.1) is 66.2 Å². The van der Waals surface area contributed by atoms with Gasteiger partial charge in [-0.1, -0.05) is 64.0 Å². The summed E-state index contributed by atoms with van der Waals surface area (Å²) in [5.74, 6) is 0. The van der Waals surface area contributed by atoms with E-state index in [4.69, 9.17) is 0 Å². The van der Waals surface area contributed by atoms with E-state index in [-0.39, 0.29) is 47.4 Å². The lowest BCUT2D eigenvalue weighted by Gasteiger charge is -2.07. The van der Waals surface area contributed by atoms with Gasteiger partial charge < -0.3 is 0 Å². The number of hydrogen-bond donors (Lipinski definition) is 0. The number of nitro benzene ring substituents is 2. The SMILES string of the molecule is CC(C)S(=O)(=O)c1ccc(Br)cc1.CC(C)S(=O)(=O)c1ccc([N+](=O)[O-])cc1.CC(C)S(=O)(=O)c1ccccc1.CC(C)S(=O)(=O)c1ccccc1[N+](=O)[O-].CC(C)S(C)(=O)=O.CC(C)S(C)(=O)=O.Cc1ccc(S(=O)(=O)C(C)C)cc1. The van der Waals surface area contributed by atoms with Crippen LogP contribution in [0.25, 0.3) is 0 Å². The molecule has 5 rings (SSSR count). The molecule has 0 spiro atoms. The summed E-state index contributed by atoms with van der Waals surface area (Å²) < 4.78 is 159. The number of rotatable bonds is 14. The van der Waals surface area contributed by atoms with Gasteiger partial charge in [-0.05, 0) is 171 Å². The Bertz CT molecular complexity index is 3520. The van der Waals surface area contributed by atoms with Crippen molar-refractivity contribution in [1.82, 2.24) is 0 Å². The Morgan fingerprint density at radius 2 is 0.598 bits per heavy atom. The summed E-state index contributed by atoms with van der Waals surface area (Å²) >= 11 is 3.25. The van der Waals surface area contributed by atoms with Gasteiger partial charge in [0.15, 0.2) is 49.2 Å². The van der Waals surface area contributed by atoms with Crippen molar-refractivity contribution in [2.45, 2.75) is 165 Å². The van der Waals surface area contributed by atoms with Crippen LogP contribution in [0.5, 0.6) is 0 Å². The molecule has 462 valence electrons. The molecule has 0 atom stereocenters. The largest absolute Gasteiger partial charge is 0.287 e. The quantitative estimate of drug-likeness (QED) is 0.0736. The van der Waals surface area contributed by atoms with Crippen LogP contribution in [0.15, 0.2) is 156 Å². The van der Waals surface area contributed by atoms with Crippen molar-refractivity contribution in [2.24, 2.45) is 0 Å². The van der Waals surface area contributed by atoms with E-state index in [0.717, 1.165) is 10.0 Å².